The SMILES string of the molecule is Cc1ccc(N(C)c2nc3sccn3c2C(=O)O)cc1. The Hall–Kier alpha value is -2.34. The van der Waals surface area contributed by atoms with Crippen LogP contribution in [0.2, 0.25) is 0 Å². The Balaban J connectivity index is 2.13. The highest BCUT2D eigenvalue weighted by Crippen LogP contribution is 2.29. The summed E-state index contributed by atoms with van der Waals surface area (Å²) < 4.78 is 1.60. The summed E-state index contributed by atoms with van der Waals surface area (Å²) in [5, 5.41) is 11.3. The molecule has 102 valence electrons. The number of imidazole rings is 1. The van der Waals surface area contributed by atoms with Crippen molar-refractivity contribution in [2.45, 2.75) is 6.92 Å². The molecule has 0 aliphatic rings. The molecule has 1 N–H and O–H groups in total. The molecule has 6 heteroatoms. The average molecular weight is 287 g/mol. The quantitative estimate of drug-likeness (QED) is 0.804. The molecule has 3 aromatic rings. The lowest BCUT2D eigenvalue weighted by atomic mass is 10.2. The summed E-state index contributed by atoms with van der Waals surface area (Å²) >= 11 is 1.42. The third-order valence-corrected chi connectivity index (χ3v) is 3.94. The van der Waals surface area contributed by atoms with Crippen LogP contribution in [-0.4, -0.2) is 27.5 Å². The minimum atomic E-state index is -0.982. The van der Waals surface area contributed by atoms with E-state index in [0.29, 0.717) is 10.8 Å². The first-order valence-electron chi connectivity index (χ1n) is 6.07. The van der Waals surface area contributed by atoms with E-state index in [9.17, 15) is 9.90 Å². The van der Waals surface area contributed by atoms with Gasteiger partial charge in [0.15, 0.2) is 16.5 Å². The van der Waals surface area contributed by atoms with Crippen molar-refractivity contribution in [1.29, 1.82) is 0 Å². The van der Waals surface area contributed by atoms with Gasteiger partial charge in [0.25, 0.3) is 0 Å². The number of thiazole rings is 1. The van der Waals surface area contributed by atoms with E-state index >= 15 is 0 Å². The molecule has 0 saturated heterocycles. The van der Waals surface area contributed by atoms with E-state index in [1.807, 2.05) is 43.6 Å². The second kappa shape index (κ2) is 4.64. The molecular weight excluding hydrogens is 274 g/mol. The molecule has 0 fully saturated rings. The number of hydrogen-bond donors (Lipinski definition) is 1. The van der Waals surface area contributed by atoms with Gasteiger partial charge in [-0.25, -0.2) is 9.78 Å². The van der Waals surface area contributed by atoms with E-state index in [-0.39, 0.29) is 5.69 Å². The van der Waals surface area contributed by atoms with Crippen LogP contribution in [0.3, 0.4) is 0 Å². The maximum Gasteiger partial charge on any atom is 0.356 e. The van der Waals surface area contributed by atoms with Gasteiger partial charge in [-0.05, 0) is 19.1 Å². The zero-order valence-electron chi connectivity index (χ0n) is 11.1. The molecule has 2 aromatic heterocycles. The van der Waals surface area contributed by atoms with Crippen molar-refractivity contribution in [2.75, 3.05) is 11.9 Å². The van der Waals surface area contributed by atoms with Crippen LogP contribution in [-0.2, 0) is 0 Å². The lowest BCUT2D eigenvalue weighted by Gasteiger charge is -2.17. The predicted octanol–water partition coefficient (Wildman–Crippen LogP) is 3.17. The Morgan fingerprint density at radius 3 is 2.70 bits per heavy atom. The van der Waals surface area contributed by atoms with Crippen molar-refractivity contribution < 1.29 is 9.90 Å². The Kier molecular flexibility index (Phi) is 2.94. The van der Waals surface area contributed by atoms with Gasteiger partial charge in [-0.15, -0.1) is 11.3 Å². The van der Waals surface area contributed by atoms with Gasteiger partial charge in [-0.1, -0.05) is 17.7 Å². The number of nitrogens with zero attached hydrogens (tertiary/aromatic N) is 3. The van der Waals surface area contributed by atoms with E-state index in [0.717, 1.165) is 11.3 Å². The molecule has 0 amide bonds. The molecule has 1 aromatic carbocycles. The fraction of sp³-hybridized carbons (Fsp3) is 0.143. The van der Waals surface area contributed by atoms with Crippen molar-refractivity contribution in [3.8, 4) is 0 Å². The number of aryl methyl sites for hydroxylation is 1. The number of anilines is 2. The number of carboxylic acid groups (broad SMARTS) is 1. The molecule has 0 aliphatic heterocycles. The number of aromatic carboxylic acids is 1. The summed E-state index contributed by atoms with van der Waals surface area (Å²) in [5.41, 5.74) is 2.25. The second-order valence-electron chi connectivity index (χ2n) is 4.54. The van der Waals surface area contributed by atoms with Gasteiger partial charge >= 0.3 is 5.97 Å². The van der Waals surface area contributed by atoms with Gasteiger partial charge in [-0.3, -0.25) is 4.40 Å². The highest BCUT2D eigenvalue weighted by Gasteiger charge is 2.22. The standard InChI is InChI=1S/C14H13N3O2S/c1-9-3-5-10(6-4-9)16(2)12-11(13(18)19)17-7-8-20-14(17)15-12/h3-8H,1-2H3,(H,18,19). The van der Waals surface area contributed by atoms with Gasteiger partial charge in [0, 0.05) is 24.3 Å². The van der Waals surface area contributed by atoms with Crippen molar-refractivity contribution >= 4 is 33.8 Å². The molecule has 2 heterocycles. The van der Waals surface area contributed by atoms with E-state index in [1.165, 1.54) is 11.3 Å². The minimum Gasteiger partial charge on any atom is -0.476 e. The Bertz CT molecular complexity index is 773. The first-order chi connectivity index (χ1) is 9.58. The molecule has 0 unspecified atom stereocenters. The monoisotopic (exact) mass is 287 g/mol. The van der Waals surface area contributed by atoms with E-state index < -0.39 is 5.97 Å². The van der Waals surface area contributed by atoms with Crippen LogP contribution in [0.5, 0.6) is 0 Å². The predicted molar refractivity (Wildman–Crippen MR) is 79.3 cm³/mol. The molecular formula is C14H13N3O2S. The van der Waals surface area contributed by atoms with Crippen LogP contribution in [0.15, 0.2) is 35.8 Å². The summed E-state index contributed by atoms with van der Waals surface area (Å²) in [7, 11) is 1.82. The fourth-order valence-electron chi connectivity index (χ4n) is 2.10. The van der Waals surface area contributed by atoms with Gasteiger partial charge in [0.05, 0.1) is 0 Å². The Morgan fingerprint density at radius 1 is 1.35 bits per heavy atom. The smallest absolute Gasteiger partial charge is 0.356 e. The van der Waals surface area contributed by atoms with Crippen LogP contribution in [0.25, 0.3) is 4.96 Å². The van der Waals surface area contributed by atoms with Crippen molar-refractivity contribution in [3.05, 3.63) is 47.1 Å². The maximum atomic E-state index is 11.5. The number of aromatic nitrogens is 2. The molecule has 5 nitrogen and oxygen atoms in total. The first-order valence-corrected chi connectivity index (χ1v) is 6.95. The Labute approximate surface area is 119 Å². The van der Waals surface area contributed by atoms with Crippen LogP contribution < -0.4 is 4.90 Å². The largest absolute Gasteiger partial charge is 0.476 e. The normalized spacial score (nSPS) is 10.9. The number of rotatable bonds is 3. The van der Waals surface area contributed by atoms with Crippen molar-refractivity contribution in [2.24, 2.45) is 0 Å². The van der Waals surface area contributed by atoms with Gasteiger partial charge in [0.2, 0.25) is 0 Å². The number of carboxylic acids is 1. The van der Waals surface area contributed by atoms with Crippen molar-refractivity contribution in [1.82, 2.24) is 9.38 Å². The summed E-state index contributed by atoms with van der Waals surface area (Å²) in [6.07, 6.45) is 1.73. The third-order valence-electron chi connectivity index (χ3n) is 3.19. The molecule has 0 aliphatic carbocycles. The minimum absolute atomic E-state index is 0.185. The summed E-state index contributed by atoms with van der Waals surface area (Å²) in [6.45, 7) is 2.01. The molecule has 3 rings (SSSR count). The average Bonchev–Trinajstić information content (AvgIpc) is 2.97. The third kappa shape index (κ3) is 1.94. The molecule has 0 spiro atoms. The molecule has 0 radical (unpaired) electrons. The van der Waals surface area contributed by atoms with Crippen LogP contribution in [0.4, 0.5) is 11.5 Å². The van der Waals surface area contributed by atoms with Crippen molar-refractivity contribution in [3.63, 3.8) is 0 Å². The molecule has 0 saturated carbocycles. The van der Waals surface area contributed by atoms with Gasteiger partial charge < -0.3 is 10.0 Å². The number of carbonyl (C=O) groups is 1. The second-order valence-corrected chi connectivity index (χ2v) is 5.41. The Morgan fingerprint density at radius 2 is 2.05 bits per heavy atom. The lowest BCUT2D eigenvalue weighted by molar-refractivity contribution is 0.0690. The van der Waals surface area contributed by atoms with Crippen LogP contribution >= 0.6 is 11.3 Å². The molecule has 20 heavy (non-hydrogen) atoms. The highest BCUT2D eigenvalue weighted by molar-refractivity contribution is 7.15. The maximum absolute atomic E-state index is 11.5. The molecule has 0 bridgehead atoms. The summed E-state index contributed by atoms with van der Waals surface area (Å²) in [5.74, 6) is -0.530. The van der Waals surface area contributed by atoms with E-state index in [1.54, 1.807) is 15.5 Å². The zero-order chi connectivity index (χ0) is 14.3. The van der Waals surface area contributed by atoms with Crippen LogP contribution in [0.1, 0.15) is 16.1 Å². The number of fused-ring (bicyclic) bond motifs is 1. The summed E-state index contributed by atoms with van der Waals surface area (Å²) in [4.78, 5) is 18.4. The summed E-state index contributed by atoms with van der Waals surface area (Å²) in [6, 6.07) is 7.89. The van der Waals surface area contributed by atoms with Gasteiger partial charge in [-0.2, -0.15) is 0 Å². The number of benzene rings is 1. The number of hydrogen-bond acceptors (Lipinski definition) is 4. The molecule has 0 atom stereocenters. The van der Waals surface area contributed by atoms with Crippen LogP contribution in [0, 0.1) is 6.92 Å². The van der Waals surface area contributed by atoms with Gasteiger partial charge in [0.1, 0.15) is 0 Å². The lowest BCUT2D eigenvalue weighted by Crippen LogP contribution is -2.14. The van der Waals surface area contributed by atoms with E-state index in [2.05, 4.69) is 4.98 Å². The fourth-order valence-corrected chi connectivity index (χ4v) is 2.81. The van der Waals surface area contributed by atoms with E-state index in [4.69, 9.17) is 0 Å². The zero-order valence-corrected chi connectivity index (χ0v) is 11.9. The topological polar surface area (TPSA) is 57.8 Å². The highest BCUT2D eigenvalue weighted by atomic mass is 32.1. The first kappa shape index (κ1) is 12.7.